The van der Waals surface area contributed by atoms with Crippen LogP contribution in [-0.2, 0) is 0 Å². The average Bonchev–Trinajstić information content (AvgIpc) is 1.92. The van der Waals surface area contributed by atoms with Gasteiger partial charge in [-0.2, -0.15) is 0 Å². The van der Waals surface area contributed by atoms with Crippen molar-refractivity contribution in [1.29, 1.82) is 0 Å². The molecule has 0 heterocycles. The van der Waals surface area contributed by atoms with E-state index < -0.39 is 0 Å². The zero-order valence-electron chi connectivity index (χ0n) is 6.19. The Morgan fingerprint density at radius 2 is 2.22 bits per heavy atom. The van der Waals surface area contributed by atoms with Crippen molar-refractivity contribution in [2.45, 2.75) is 32.6 Å². The summed E-state index contributed by atoms with van der Waals surface area (Å²) in [5, 5.41) is 0. The Bertz CT molecular complexity index is 109. The van der Waals surface area contributed by atoms with Gasteiger partial charge in [0.25, 0.3) is 0 Å². The molecule has 1 rings (SSSR count). The zero-order valence-corrected chi connectivity index (χ0v) is 6.19. The van der Waals surface area contributed by atoms with E-state index in [1.807, 2.05) is 0 Å². The molecule has 0 aromatic carbocycles. The van der Waals surface area contributed by atoms with Gasteiger partial charge in [0.15, 0.2) is 0 Å². The summed E-state index contributed by atoms with van der Waals surface area (Å²) in [4.78, 5) is 0. The molecule has 1 radical (unpaired) electrons. The van der Waals surface area contributed by atoms with E-state index in [0.29, 0.717) is 0 Å². The van der Waals surface area contributed by atoms with Gasteiger partial charge in [-0.05, 0) is 31.6 Å². The van der Waals surface area contributed by atoms with Crippen molar-refractivity contribution in [3.05, 3.63) is 19.1 Å². The van der Waals surface area contributed by atoms with Crippen LogP contribution in [0.5, 0.6) is 0 Å². The molecule has 0 nitrogen and oxygen atoms in total. The summed E-state index contributed by atoms with van der Waals surface area (Å²) >= 11 is 0. The second kappa shape index (κ2) is 2.55. The van der Waals surface area contributed by atoms with Gasteiger partial charge in [0, 0.05) is 0 Å². The van der Waals surface area contributed by atoms with Gasteiger partial charge >= 0.3 is 0 Å². The quantitative estimate of drug-likeness (QED) is 0.434. The molecule has 0 fully saturated rings. The Labute approximate surface area is 58.0 Å². The lowest BCUT2D eigenvalue weighted by Crippen LogP contribution is -2.05. The largest absolute Gasteiger partial charge is 0.0880 e. The van der Waals surface area contributed by atoms with E-state index in [1.165, 1.54) is 25.7 Å². The summed E-state index contributed by atoms with van der Waals surface area (Å²) < 4.78 is 0. The summed E-state index contributed by atoms with van der Waals surface area (Å²) in [6.45, 7) is 6.31. The molecule has 9 heavy (non-hydrogen) atoms. The van der Waals surface area contributed by atoms with Crippen molar-refractivity contribution in [3.8, 4) is 0 Å². The number of allylic oxidation sites excluding steroid dienone is 2. The topological polar surface area (TPSA) is 0 Å². The molecule has 0 saturated carbocycles. The predicted molar refractivity (Wildman–Crippen MR) is 41.1 cm³/mol. The molecule has 0 aromatic heterocycles. The van der Waals surface area contributed by atoms with Gasteiger partial charge in [-0.1, -0.05) is 25.5 Å². The summed E-state index contributed by atoms with van der Waals surface area (Å²) in [6.07, 6.45) is 9.71. The van der Waals surface area contributed by atoms with E-state index in [1.54, 1.807) is 0 Å². The highest BCUT2D eigenvalue weighted by atomic mass is 14.2. The van der Waals surface area contributed by atoms with Gasteiger partial charge in [-0.25, -0.2) is 0 Å². The molecule has 1 aliphatic rings. The maximum Gasteiger partial charge on any atom is -0.0146 e. The van der Waals surface area contributed by atoms with Gasteiger partial charge in [0.2, 0.25) is 0 Å². The third-order valence-corrected chi connectivity index (χ3v) is 1.89. The Morgan fingerprint density at radius 1 is 1.44 bits per heavy atom. The van der Waals surface area contributed by atoms with Crippen molar-refractivity contribution in [3.63, 3.8) is 0 Å². The molecule has 0 amide bonds. The maximum absolute atomic E-state index is 4.10. The highest BCUT2D eigenvalue weighted by Crippen LogP contribution is 2.27. The molecule has 0 heteroatoms. The van der Waals surface area contributed by atoms with Gasteiger partial charge in [-0.3, -0.25) is 0 Å². The fourth-order valence-electron chi connectivity index (χ4n) is 1.24. The van der Waals surface area contributed by atoms with E-state index in [9.17, 15) is 0 Å². The second-order valence-corrected chi connectivity index (χ2v) is 3.30. The molecule has 1 atom stereocenters. The lowest BCUT2D eigenvalue weighted by Gasteiger charge is -2.16. The van der Waals surface area contributed by atoms with Gasteiger partial charge in [-0.15, -0.1) is 0 Å². The third kappa shape index (κ3) is 2.21. The Morgan fingerprint density at radius 3 is 3.00 bits per heavy atom. The van der Waals surface area contributed by atoms with Crippen molar-refractivity contribution in [2.24, 2.45) is 5.41 Å². The van der Waals surface area contributed by atoms with Crippen LogP contribution in [0.25, 0.3) is 0 Å². The molecule has 0 aromatic rings. The molecular weight excluding hydrogens is 108 g/mol. The number of rotatable bonds is 0. The molecule has 51 valence electrons. The summed E-state index contributed by atoms with van der Waals surface area (Å²) in [6, 6.07) is 0. The van der Waals surface area contributed by atoms with Crippen LogP contribution in [0.15, 0.2) is 12.2 Å². The first-order valence-electron chi connectivity index (χ1n) is 3.74. The Kier molecular flexibility index (Phi) is 1.94. The lowest BCUT2D eigenvalue weighted by molar-refractivity contribution is 0.478. The smallest absolute Gasteiger partial charge is 0.0146 e. The fraction of sp³-hybridized carbons (Fsp3) is 0.667. The summed E-state index contributed by atoms with van der Waals surface area (Å²) in [5.41, 5.74) is 0.233. The molecule has 0 spiro atoms. The lowest BCUT2D eigenvalue weighted by atomic mass is 9.89. The van der Waals surface area contributed by atoms with Crippen LogP contribution in [0.3, 0.4) is 0 Å². The predicted octanol–water partition coefficient (Wildman–Crippen LogP) is 2.96. The van der Waals surface area contributed by atoms with Crippen molar-refractivity contribution < 1.29 is 0 Å². The minimum absolute atomic E-state index is 0.233. The first-order valence-corrected chi connectivity index (χ1v) is 3.74. The van der Waals surface area contributed by atoms with Crippen LogP contribution < -0.4 is 0 Å². The SMILES string of the molecule is [CH2]C1(C)C=CCCCC1. The standard InChI is InChI=1S/C9H15/c1-9(2)7-5-3-4-6-8-9/h5,7H,1,3-4,6,8H2,2H3. The molecule has 1 unspecified atom stereocenters. The molecule has 0 N–H and O–H groups in total. The minimum atomic E-state index is 0.233. The zero-order chi connectivity index (χ0) is 6.74. The highest BCUT2D eigenvalue weighted by molar-refractivity contribution is 5.00. The number of hydrogen-bond donors (Lipinski definition) is 0. The van der Waals surface area contributed by atoms with Crippen molar-refractivity contribution in [2.75, 3.05) is 0 Å². The van der Waals surface area contributed by atoms with E-state index >= 15 is 0 Å². The molecule has 0 bridgehead atoms. The Hall–Kier alpha value is -0.260. The molecular formula is C9H15. The maximum atomic E-state index is 4.10. The second-order valence-electron chi connectivity index (χ2n) is 3.30. The molecule has 1 aliphatic carbocycles. The van der Waals surface area contributed by atoms with E-state index in [2.05, 4.69) is 26.0 Å². The minimum Gasteiger partial charge on any atom is -0.0880 e. The first-order chi connectivity index (χ1) is 4.21. The van der Waals surface area contributed by atoms with Crippen molar-refractivity contribution >= 4 is 0 Å². The number of hydrogen-bond acceptors (Lipinski definition) is 0. The monoisotopic (exact) mass is 123 g/mol. The molecule has 0 aliphatic heterocycles. The molecule has 0 saturated heterocycles. The summed E-state index contributed by atoms with van der Waals surface area (Å²) in [5.74, 6) is 0. The highest BCUT2D eigenvalue weighted by Gasteiger charge is 2.14. The van der Waals surface area contributed by atoms with Crippen LogP contribution in [0.2, 0.25) is 0 Å². The fourth-order valence-corrected chi connectivity index (χ4v) is 1.24. The van der Waals surface area contributed by atoms with Crippen LogP contribution in [-0.4, -0.2) is 0 Å². The van der Waals surface area contributed by atoms with Gasteiger partial charge in [0.1, 0.15) is 0 Å². The van der Waals surface area contributed by atoms with Gasteiger partial charge < -0.3 is 0 Å². The third-order valence-electron chi connectivity index (χ3n) is 1.89. The summed E-state index contributed by atoms with van der Waals surface area (Å²) in [7, 11) is 0. The van der Waals surface area contributed by atoms with Gasteiger partial charge in [0.05, 0.1) is 0 Å². The van der Waals surface area contributed by atoms with Crippen LogP contribution in [0.1, 0.15) is 32.6 Å². The Balaban J connectivity index is 2.52. The van der Waals surface area contributed by atoms with E-state index in [4.69, 9.17) is 0 Å². The van der Waals surface area contributed by atoms with E-state index in [-0.39, 0.29) is 5.41 Å². The normalized spacial score (nSPS) is 25.6. The van der Waals surface area contributed by atoms with Crippen molar-refractivity contribution in [1.82, 2.24) is 0 Å². The average molecular weight is 123 g/mol. The van der Waals surface area contributed by atoms with Crippen LogP contribution in [0.4, 0.5) is 0 Å². The first kappa shape index (κ1) is 6.85. The van der Waals surface area contributed by atoms with Crippen LogP contribution >= 0.6 is 0 Å². The van der Waals surface area contributed by atoms with E-state index in [0.717, 1.165) is 0 Å². The van der Waals surface area contributed by atoms with Crippen LogP contribution in [0, 0.1) is 12.3 Å².